The number of aromatic nitrogens is 2. The van der Waals surface area contributed by atoms with Crippen molar-refractivity contribution in [2.75, 3.05) is 25.0 Å². The number of imidazole rings is 1. The maximum atomic E-state index is 13.4. The fourth-order valence-corrected chi connectivity index (χ4v) is 4.82. The predicted molar refractivity (Wildman–Crippen MR) is 154 cm³/mol. The molecular weight excluding hydrogens is 535 g/mol. The molecule has 0 aliphatic carbocycles. The van der Waals surface area contributed by atoms with Crippen molar-refractivity contribution >= 4 is 41.0 Å². The van der Waals surface area contributed by atoms with Gasteiger partial charge in [0.05, 0.1) is 11.8 Å². The predicted octanol–water partition coefficient (Wildman–Crippen LogP) is 6.41. The molecule has 1 unspecified atom stereocenters. The normalized spacial score (nSPS) is 14.8. The molecule has 5 rings (SSSR count). The molecule has 39 heavy (non-hydrogen) atoms. The SMILES string of the molecule is Cc1cccc(-n2cc(-c3ccc(Cl)cc3)nc2NC(=O)CN(CC2CCCO2)C(=O)c2ccc(Cl)cc2)c1. The summed E-state index contributed by atoms with van der Waals surface area (Å²) in [7, 11) is 0. The van der Waals surface area contributed by atoms with Gasteiger partial charge in [-0.1, -0.05) is 47.5 Å². The van der Waals surface area contributed by atoms with Gasteiger partial charge < -0.3 is 9.64 Å². The lowest BCUT2D eigenvalue weighted by Crippen LogP contribution is -2.42. The van der Waals surface area contributed by atoms with Gasteiger partial charge in [-0.3, -0.25) is 19.5 Å². The summed E-state index contributed by atoms with van der Waals surface area (Å²) in [5.41, 5.74) is 3.92. The Labute approximate surface area is 237 Å². The number of ether oxygens (including phenoxy) is 1. The first-order valence-electron chi connectivity index (χ1n) is 12.7. The summed E-state index contributed by atoms with van der Waals surface area (Å²) in [5, 5.41) is 4.10. The molecule has 0 radical (unpaired) electrons. The van der Waals surface area contributed by atoms with Crippen LogP contribution in [0.5, 0.6) is 0 Å². The number of carbonyl (C=O) groups excluding carboxylic acids is 2. The number of rotatable bonds is 8. The van der Waals surface area contributed by atoms with Gasteiger partial charge in [0.15, 0.2) is 0 Å². The van der Waals surface area contributed by atoms with E-state index in [4.69, 9.17) is 32.9 Å². The van der Waals surface area contributed by atoms with E-state index in [2.05, 4.69) is 5.32 Å². The average Bonchev–Trinajstić information content (AvgIpc) is 3.59. The van der Waals surface area contributed by atoms with Gasteiger partial charge in [0.25, 0.3) is 5.91 Å². The molecule has 2 amide bonds. The van der Waals surface area contributed by atoms with E-state index in [-0.39, 0.29) is 24.5 Å². The van der Waals surface area contributed by atoms with Crippen LogP contribution in [0.15, 0.2) is 79.0 Å². The largest absolute Gasteiger partial charge is 0.376 e. The van der Waals surface area contributed by atoms with Crippen molar-refractivity contribution in [1.82, 2.24) is 14.5 Å². The number of amides is 2. The van der Waals surface area contributed by atoms with E-state index in [0.717, 1.165) is 29.7 Å². The summed E-state index contributed by atoms with van der Waals surface area (Å²) < 4.78 is 7.60. The minimum Gasteiger partial charge on any atom is -0.376 e. The van der Waals surface area contributed by atoms with Crippen molar-refractivity contribution in [3.05, 3.63) is 100 Å². The molecule has 0 saturated carbocycles. The Bertz CT molecular complexity index is 1460. The first kappa shape index (κ1) is 26.9. The van der Waals surface area contributed by atoms with E-state index in [9.17, 15) is 9.59 Å². The minimum absolute atomic E-state index is 0.111. The monoisotopic (exact) mass is 562 g/mol. The van der Waals surface area contributed by atoms with Gasteiger partial charge in [-0.05, 0) is 73.9 Å². The van der Waals surface area contributed by atoms with Crippen LogP contribution in [0, 0.1) is 6.92 Å². The molecule has 2 heterocycles. The Morgan fingerprint density at radius 1 is 1.05 bits per heavy atom. The van der Waals surface area contributed by atoms with Gasteiger partial charge in [-0.15, -0.1) is 0 Å². The van der Waals surface area contributed by atoms with Crippen LogP contribution < -0.4 is 5.32 Å². The Morgan fingerprint density at radius 3 is 2.44 bits per heavy atom. The zero-order valence-electron chi connectivity index (χ0n) is 21.4. The minimum atomic E-state index is -0.363. The zero-order chi connectivity index (χ0) is 27.4. The number of aryl methyl sites for hydroxylation is 1. The van der Waals surface area contributed by atoms with Crippen molar-refractivity contribution in [1.29, 1.82) is 0 Å². The van der Waals surface area contributed by atoms with Gasteiger partial charge in [0, 0.05) is 46.2 Å². The average molecular weight is 563 g/mol. The molecule has 1 saturated heterocycles. The van der Waals surface area contributed by atoms with Crippen LogP contribution in [0.1, 0.15) is 28.8 Å². The molecule has 1 aliphatic rings. The van der Waals surface area contributed by atoms with Crippen molar-refractivity contribution in [2.24, 2.45) is 0 Å². The Kier molecular flexibility index (Phi) is 8.31. The van der Waals surface area contributed by atoms with Crippen LogP contribution in [0.3, 0.4) is 0 Å². The lowest BCUT2D eigenvalue weighted by molar-refractivity contribution is -0.117. The molecule has 1 aromatic heterocycles. The molecular formula is C30H28Cl2N4O3. The lowest BCUT2D eigenvalue weighted by atomic mass is 10.1. The number of hydrogen-bond acceptors (Lipinski definition) is 4. The summed E-state index contributed by atoms with van der Waals surface area (Å²) in [5.74, 6) is -0.273. The highest BCUT2D eigenvalue weighted by atomic mass is 35.5. The zero-order valence-corrected chi connectivity index (χ0v) is 23.0. The van der Waals surface area contributed by atoms with Crippen LogP contribution in [0.2, 0.25) is 10.0 Å². The second-order valence-corrected chi connectivity index (χ2v) is 10.4. The highest BCUT2D eigenvalue weighted by Crippen LogP contribution is 2.26. The standard InChI is InChI=1S/C30H28Cl2N4O3/c1-20-4-2-5-25(16-20)36-18-27(21-7-11-23(31)12-8-21)33-30(36)34-28(37)19-35(17-26-6-3-15-39-26)29(38)22-9-13-24(32)14-10-22/h2,4-5,7-14,16,18,26H,3,6,15,17,19H2,1H3,(H,33,34,37). The topological polar surface area (TPSA) is 76.5 Å². The maximum absolute atomic E-state index is 13.4. The van der Waals surface area contributed by atoms with E-state index in [0.29, 0.717) is 40.4 Å². The van der Waals surface area contributed by atoms with Crippen molar-refractivity contribution in [2.45, 2.75) is 25.9 Å². The second-order valence-electron chi connectivity index (χ2n) is 9.54. The maximum Gasteiger partial charge on any atom is 0.254 e. The quantitative estimate of drug-likeness (QED) is 0.269. The fraction of sp³-hybridized carbons (Fsp3) is 0.233. The van der Waals surface area contributed by atoms with Crippen molar-refractivity contribution in [3.8, 4) is 16.9 Å². The summed E-state index contributed by atoms with van der Waals surface area (Å²) in [6, 6.07) is 21.9. The summed E-state index contributed by atoms with van der Waals surface area (Å²) in [4.78, 5) is 33.0. The van der Waals surface area contributed by atoms with Crippen molar-refractivity contribution < 1.29 is 14.3 Å². The lowest BCUT2D eigenvalue weighted by Gasteiger charge is -2.25. The van der Waals surface area contributed by atoms with Gasteiger partial charge in [-0.25, -0.2) is 4.98 Å². The van der Waals surface area contributed by atoms with Gasteiger partial charge in [0.2, 0.25) is 11.9 Å². The van der Waals surface area contributed by atoms with E-state index in [1.54, 1.807) is 36.4 Å². The molecule has 9 heteroatoms. The molecule has 7 nitrogen and oxygen atoms in total. The third kappa shape index (κ3) is 6.68. The van der Waals surface area contributed by atoms with Crippen LogP contribution in [0.25, 0.3) is 16.9 Å². The molecule has 1 atom stereocenters. The fourth-order valence-electron chi connectivity index (χ4n) is 4.57. The molecule has 1 aliphatic heterocycles. The highest BCUT2D eigenvalue weighted by molar-refractivity contribution is 6.31. The van der Waals surface area contributed by atoms with E-state index < -0.39 is 0 Å². The number of benzene rings is 3. The summed E-state index contributed by atoms with van der Waals surface area (Å²) >= 11 is 12.1. The van der Waals surface area contributed by atoms with Gasteiger partial charge in [0.1, 0.15) is 6.54 Å². The first-order valence-corrected chi connectivity index (χ1v) is 13.5. The highest BCUT2D eigenvalue weighted by Gasteiger charge is 2.26. The van der Waals surface area contributed by atoms with E-state index in [1.165, 1.54) is 4.90 Å². The van der Waals surface area contributed by atoms with Gasteiger partial charge >= 0.3 is 0 Å². The van der Waals surface area contributed by atoms with Crippen LogP contribution in [-0.2, 0) is 9.53 Å². The number of nitrogens with one attached hydrogen (secondary N) is 1. The molecule has 3 aromatic carbocycles. The number of hydrogen-bond donors (Lipinski definition) is 1. The van der Waals surface area contributed by atoms with E-state index >= 15 is 0 Å². The number of halogens is 2. The number of nitrogens with zero attached hydrogens (tertiary/aromatic N) is 3. The molecule has 4 aromatic rings. The van der Waals surface area contributed by atoms with Crippen LogP contribution in [0.4, 0.5) is 5.95 Å². The van der Waals surface area contributed by atoms with Crippen LogP contribution >= 0.6 is 23.2 Å². The summed E-state index contributed by atoms with van der Waals surface area (Å²) in [6.07, 6.45) is 3.53. The second kappa shape index (κ2) is 12.0. The smallest absolute Gasteiger partial charge is 0.254 e. The molecule has 0 spiro atoms. The Hall–Kier alpha value is -3.65. The Balaban J connectivity index is 1.41. The molecule has 200 valence electrons. The molecule has 1 N–H and O–H groups in total. The summed E-state index contributed by atoms with van der Waals surface area (Å²) in [6.45, 7) is 2.82. The Morgan fingerprint density at radius 2 is 1.77 bits per heavy atom. The van der Waals surface area contributed by atoms with E-state index in [1.807, 2.05) is 54.1 Å². The van der Waals surface area contributed by atoms with Crippen molar-refractivity contribution in [3.63, 3.8) is 0 Å². The number of carbonyl (C=O) groups is 2. The van der Waals surface area contributed by atoms with Gasteiger partial charge in [-0.2, -0.15) is 0 Å². The molecule has 0 bridgehead atoms. The molecule has 1 fully saturated rings. The third-order valence-corrected chi connectivity index (χ3v) is 7.04. The van der Waals surface area contributed by atoms with Crippen LogP contribution in [-0.4, -0.2) is 52.1 Å². The number of anilines is 1. The first-order chi connectivity index (χ1) is 18.9. The third-order valence-electron chi connectivity index (χ3n) is 6.54.